The number of nitrogens with zero attached hydrogens (tertiary/aromatic N) is 4. The maximum atomic E-state index is 12.5. The van der Waals surface area contributed by atoms with Crippen LogP contribution in [0.25, 0.3) is 5.13 Å². The third kappa shape index (κ3) is 3.85. The van der Waals surface area contributed by atoms with E-state index in [0.717, 1.165) is 49.1 Å². The molecule has 0 aliphatic carbocycles. The Morgan fingerprint density at radius 1 is 1.24 bits per heavy atom. The van der Waals surface area contributed by atoms with Crippen LogP contribution in [0.1, 0.15) is 25.7 Å². The zero-order valence-corrected chi connectivity index (χ0v) is 15.0. The number of hydrogen-bond donors (Lipinski definition) is 1. The second-order valence-electron chi connectivity index (χ2n) is 6.62. The van der Waals surface area contributed by atoms with Gasteiger partial charge in [0.05, 0.1) is 12.0 Å². The Labute approximate surface area is 151 Å². The lowest BCUT2D eigenvalue weighted by atomic mass is 9.97. The Hall–Kier alpha value is -1.93. The van der Waals surface area contributed by atoms with Gasteiger partial charge in [-0.05, 0) is 37.8 Å². The van der Waals surface area contributed by atoms with Crippen molar-refractivity contribution >= 4 is 22.4 Å². The molecule has 2 aliphatic heterocycles. The number of amides is 1. The Kier molecular flexibility index (Phi) is 4.98. The van der Waals surface area contributed by atoms with Crippen LogP contribution in [-0.2, 0) is 9.53 Å². The Morgan fingerprint density at radius 2 is 2.08 bits per heavy atom. The second kappa shape index (κ2) is 7.53. The maximum Gasteiger partial charge on any atom is 0.224 e. The van der Waals surface area contributed by atoms with Gasteiger partial charge in [0.2, 0.25) is 16.2 Å². The molecule has 2 aliphatic rings. The number of piperidine rings is 1. The number of rotatable bonds is 5. The van der Waals surface area contributed by atoms with Gasteiger partial charge in [0.25, 0.3) is 0 Å². The van der Waals surface area contributed by atoms with Crippen molar-refractivity contribution in [2.45, 2.75) is 31.8 Å². The fourth-order valence-electron chi connectivity index (χ4n) is 3.43. The van der Waals surface area contributed by atoms with E-state index in [-0.39, 0.29) is 17.9 Å². The smallest absolute Gasteiger partial charge is 0.224 e. The molecular weight excluding hydrogens is 338 g/mol. The van der Waals surface area contributed by atoms with Crippen molar-refractivity contribution < 1.29 is 9.53 Å². The van der Waals surface area contributed by atoms with Gasteiger partial charge in [-0.3, -0.25) is 9.36 Å². The monoisotopic (exact) mass is 361 g/mol. The number of anilines is 1. The molecule has 0 bridgehead atoms. The first kappa shape index (κ1) is 16.5. The predicted molar refractivity (Wildman–Crippen MR) is 96.2 cm³/mol. The van der Waals surface area contributed by atoms with Crippen molar-refractivity contribution in [1.29, 1.82) is 0 Å². The molecule has 0 saturated carbocycles. The van der Waals surface area contributed by atoms with Gasteiger partial charge in [0.1, 0.15) is 0 Å². The van der Waals surface area contributed by atoms with E-state index >= 15 is 0 Å². The van der Waals surface area contributed by atoms with Crippen molar-refractivity contribution in [3.8, 4) is 5.13 Å². The summed E-state index contributed by atoms with van der Waals surface area (Å²) < 4.78 is 7.53. The van der Waals surface area contributed by atoms with Gasteiger partial charge in [-0.2, -0.15) is 0 Å². The summed E-state index contributed by atoms with van der Waals surface area (Å²) in [7, 11) is 0. The van der Waals surface area contributed by atoms with E-state index in [9.17, 15) is 4.79 Å². The van der Waals surface area contributed by atoms with E-state index in [4.69, 9.17) is 4.74 Å². The largest absolute Gasteiger partial charge is 0.376 e. The topological polar surface area (TPSA) is 72.3 Å². The summed E-state index contributed by atoms with van der Waals surface area (Å²) >= 11 is 1.56. The second-order valence-corrected chi connectivity index (χ2v) is 7.56. The van der Waals surface area contributed by atoms with Gasteiger partial charge < -0.3 is 15.0 Å². The van der Waals surface area contributed by atoms with Crippen LogP contribution in [-0.4, -0.2) is 53.0 Å². The Morgan fingerprint density at radius 3 is 2.88 bits per heavy atom. The van der Waals surface area contributed by atoms with Crippen LogP contribution in [0.3, 0.4) is 0 Å². The molecule has 0 spiro atoms. The van der Waals surface area contributed by atoms with Crippen molar-refractivity contribution in [2.75, 3.05) is 31.1 Å². The summed E-state index contributed by atoms with van der Waals surface area (Å²) in [6, 6.07) is 3.94. The zero-order chi connectivity index (χ0) is 17.1. The van der Waals surface area contributed by atoms with E-state index in [1.54, 1.807) is 11.3 Å². The molecule has 8 heteroatoms. The number of aromatic nitrogens is 3. The molecule has 2 aromatic rings. The number of ether oxygens (including phenoxy) is 1. The van der Waals surface area contributed by atoms with Crippen LogP contribution in [0.5, 0.6) is 0 Å². The molecule has 2 atom stereocenters. The molecule has 25 heavy (non-hydrogen) atoms. The van der Waals surface area contributed by atoms with Crippen LogP contribution in [0.2, 0.25) is 0 Å². The molecule has 0 radical (unpaired) electrons. The van der Waals surface area contributed by atoms with E-state index in [1.807, 2.05) is 29.1 Å². The van der Waals surface area contributed by atoms with Crippen LogP contribution in [0, 0.1) is 5.92 Å². The fourth-order valence-corrected chi connectivity index (χ4v) is 4.28. The third-order valence-electron chi connectivity index (χ3n) is 4.82. The van der Waals surface area contributed by atoms with Crippen molar-refractivity contribution in [2.24, 2.45) is 5.92 Å². The molecule has 2 fully saturated rings. The van der Waals surface area contributed by atoms with Crippen LogP contribution in [0.4, 0.5) is 5.13 Å². The van der Waals surface area contributed by atoms with E-state index < -0.39 is 0 Å². The first-order valence-corrected chi connectivity index (χ1v) is 9.72. The van der Waals surface area contributed by atoms with Crippen molar-refractivity contribution in [3.05, 3.63) is 24.5 Å². The minimum Gasteiger partial charge on any atom is -0.376 e. The maximum absolute atomic E-state index is 12.5. The zero-order valence-electron chi connectivity index (χ0n) is 14.1. The average molecular weight is 361 g/mol. The molecule has 4 heterocycles. The van der Waals surface area contributed by atoms with Gasteiger partial charge in [0, 0.05) is 38.6 Å². The van der Waals surface area contributed by atoms with Gasteiger partial charge in [-0.15, -0.1) is 10.2 Å². The lowest BCUT2D eigenvalue weighted by molar-refractivity contribution is -0.125. The molecule has 134 valence electrons. The summed E-state index contributed by atoms with van der Waals surface area (Å²) in [6.45, 7) is 3.08. The average Bonchev–Trinajstić information content (AvgIpc) is 3.41. The SMILES string of the molecule is O=C(NC[C@@H]1CCCO1)[C@H]1CCCN(c2nnc(-n3cccc3)s2)C1. The lowest BCUT2D eigenvalue weighted by Gasteiger charge is -2.31. The van der Waals surface area contributed by atoms with Crippen LogP contribution < -0.4 is 10.2 Å². The van der Waals surface area contributed by atoms with Gasteiger partial charge in [0.15, 0.2) is 0 Å². The van der Waals surface area contributed by atoms with E-state index in [2.05, 4.69) is 20.4 Å². The van der Waals surface area contributed by atoms with E-state index in [0.29, 0.717) is 13.1 Å². The molecule has 7 nitrogen and oxygen atoms in total. The number of carbonyl (C=O) groups excluding carboxylic acids is 1. The summed E-state index contributed by atoms with van der Waals surface area (Å²) in [5, 5.41) is 13.4. The molecule has 2 saturated heterocycles. The number of carbonyl (C=O) groups is 1. The van der Waals surface area contributed by atoms with Crippen molar-refractivity contribution in [3.63, 3.8) is 0 Å². The Balaban J connectivity index is 1.35. The lowest BCUT2D eigenvalue weighted by Crippen LogP contribution is -2.44. The number of hydrogen-bond acceptors (Lipinski definition) is 6. The summed E-state index contributed by atoms with van der Waals surface area (Å²) in [6.07, 6.45) is 8.18. The number of nitrogens with one attached hydrogen (secondary N) is 1. The van der Waals surface area contributed by atoms with Gasteiger partial charge in [-0.25, -0.2) is 0 Å². The molecular formula is C17H23N5O2S. The van der Waals surface area contributed by atoms with Crippen LogP contribution in [0.15, 0.2) is 24.5 Å². The fraction of sp³-hybridized carbons (Fsp3) is 0.588. The highest BCUT2D eigenvalue weighted by Crippen LogP contribution is 2.28. The molecule has 0 aromatic carbocycles. The first-order valence-electron chi connectivity index (χ1n) is 8.91. The van der Waals surface area contributed by atoms with Crippen LogP contribution >= 0.6 is 11.3 Å². The molecule has 2 aromatic heterocycles. The quantitative estimate of drug-likeness (QED) is 0.880. The summed E-state index contributed by atoms with van der Waals surface area (Å²) in [4.78, 5) is 14.7. The molecule has 0 unspecified atom stereocenters. The molecule has 1 N–H and O–H groups in total. The highest BCUT2D eigenvalue weighted by molar-refractivity contribution is 7.17. The molecule has 4 rings (SSSR count). The third-order valence-corrected chi connectivity index (χ3v) is 5.82. The first-order chi connectivity index (χ1) is 12.3. The predicted octanol–water partition coefficient (Wildman–Crippen LogP) is 1.84. The minimum atomic E-state index is 0.00841. The van der Waals surface area contributed by atoms with Crippen molar-refractivity contribution in [1.82, 2.24) is 20.1 Å². The Bertz CT molecular complexity index is 696. The summed E-state index contributed by atoms with van der Waals surface area (Å²) in [5.41, 5.74) is 0. The highest BCUT2D eigenvalue weighted by atomic mass is 32.1. The van der Waals surface area contributed by atoms with Gasteiger partial charge in [-0.1, -0.05) is 11.3 Å². The normalized spacial score (nSPS) is 23.8. The molecule has 1 amide bonds. The standard InChI is InChI=1S/C17H23N5O2S/c23-15(18-11-14-6-4-10-24-14)13-5-3-9-22(12-13)17-20-19-16(25-17)21-7-1-2-8-21/h1-2,7-8,13-14H,3-6,9-12H2,(H,18,23)/t13-,14-/m0/s1. The minimum absolute atomic E-state index is 0.00841. The van der Waals surface area contributed by atoms with Gasteiger partial charge >= 0.3 is 0 Å². The highest BCUT2D eigenvalue weighted by Gasteiger charge is 2.28. The van der Waals surface area contributed by atoms with E-state index in [1.165, 1.54) is 0 Å². The summed E-state index contributed by atoms with van der Waals surface area (Å²) in [5.74, 6) is 0.143.